The van der Waals surface area contributed by atoms with Crippen molar-refractivity contribution >= 4 is 27.8 Å². The number of nitrogens with one attached hydrogen (secondary N) is 1. The largest absolute Gasteiger partial charge is 0.416 e. The third-order valence-corrected chi connectivity index (χ3v) is 6.35. The van der Waals surface area contributed by atoms with Gasteiger partial charge in [-0.25, -0.2) is 13.8 Å². The number of carbonyl (C=O) groups excluding carboxylic acids is 1. The number of halogens is 3. The van der Waals surface area contributed by atoms with Gasteiger partial charge in [0.1, 0.15) is 6.54 Å². The number of carbonyl (C=O) groups is 1. The Hall–Kier alpha value is -3.66. The van der Waals surface area contributed by atoms with E-state index in [0.717, 1.165) is 28.2 Å². The van der Waals surface area contributed by atoms with Crippen molar-refractivity contribution < 1.29 is 26.4 Å². The van der Waals surface area contributed by atoms with Crippen LogP contribution in [-0.2, 0) is 21.0 Å². The van der Waals surface area contributed by atoms with E-state index in [0.29, 0.717) is 0 Å². The second-order valence-electron chi connectivity index (χ2n) is 7.08. The van der Waals surface area contributed by atoms with Crippen LogP contribution < -0.4 is 9.73 Å². The van der Waals surface area contributed by atoms with Gasteiger partial charge in [0.2, 0.25) is 0 Å². The molecule has 0 bridgehead atoms. The Labute approximate surface area is 189 Å². The summed E-state index contributed by atoms with van der Waals surface area (Å²) in [5.41, 5.74) is 2.59. The number of benzene rings is 3. The lowest BCUT2D eigenvalue weighted by Crippen LogP contribution is -2.39. The molecule has 0 aliphatic carbocycles. The zero-order valence-corrected chi connectivity index (χ0v) is 18.3. The molecule has 1 N–H and O–H groups in total. The molecule has 0 saturated carbocycles. The molecule has 0 unspecified atom stereocenters. The molecule has 3 aromatic carbocycles. The Bertz CT molecular complexity index is 1240. The van der Waals surface area contributed by atoms with Gasteiger partial charge in [-0.05, 0) is 48.9 Å². The van der Waals surface area contributed by atoms with Gasteiger partial charge in [0, 0.05) is 0 Å². The van der Waals surface area contributed by atoms with Gasteiger partial charge in [0.25, 0.3) is 15.9 Å². The van der Waals surface area contributed by atoms with Crippen LogP contribution in [-0.4, -0.2) is 27.1 Å². The monoisotopic (exact) mass is 475 g/mol. The van der Waals surface area contributed by atoms with E-state index in [-0.39, 0.29) is 16.1 Å². The van der Waals surface area contributed by atoms with Crippen LogP contribution in [0.15, 0.2) is 88.9 Å². The fourth-order valence-electron chi connectivity index (χ4n) is 2.89. The second-order valence-corrected chi connectivity index (χ2v) is 8.94. The molecule has 172 valence electrons. The third kappa shape index (κ3) is 6.19. The van der Waals surface area contributed by atoms with Gasteiger partial charge in [-0.2, -0.15) is 18.3 Å². The summed E-state index contributed by atoms with van der Waals surface area (Å²) >= 11 is 0. The average Bonchev–Trinajstić information content (AvgIpc) is 2.78. The number of hydrogen-bond donors (Lipinski definition) is 1. The first kappa shape index (κ1) is 24.0. The highest BCUT2D eigenvalue weighted by molar-refractivity contribution is 7.92. The molecule has 0 aliphatic heterocycles. The summed E-state index contributed by atoms with van der Waals surface area (Å²) < 4.78 is 65.8. The molecule has 6 nitrogen and oxygen atoms in total. The van der Waals surface area contributed by atoms with E-state index in [1.807, 2.05) is 6.92 Å². The highest BCUT2D eigenvalue weighted by atomic mass is 32.2. The summed E-state index contributed by atoms with van der Waals surface area (Å²) in [4.78, 5) is 12.5. The summed E-state index contributed by atoms with van der Waals surface area (Å²) in [6, 6.07) is 18.7. The predicted molar refractivity (Wildman–Crippen MR) is 119 cm³/mol. The number of rotatable bonds is 7. The standard InChI is InChI=1S/C23H20F3N3O3S/c1-17-10-12-21(13-11-17)33(31,32)29(20-8-3-2-4-9-20)16-22(30)28-27-15-18-6-5-7-19(14-18)23(24,25)26/h2-15H,16H2,1H3,(H,28,30)/b27-15-. The van der Waals surface area contributed by atoms with Gasteiger partial charge in [-0.1, -0.05) is 48.0 Å². The van der Waals surface area contributed by atoms with Gasteiger partial charge in [-0.3, -0.25) is 9.10 Å². The molecule has 0 aromatic heterocycles. The van der Waals surface area contributed by atoms with Crippen molar-refractivity contribution in [1.82, 2.24) is 5.43 Å². The maximum atomic E-state index is 13.2. The summed E-state index contributed by atoms with van der Waals surface area (Å²) in [7, 11) is -4.07. The van der Waals surface area contributed by atoms with Gasteiger partial charge in [0.05, 0.1) is 22.4 Å². The number of nitrogens with zero attached hydrogens (tertiary/aromatic N) is 2. The average molecular weight is 475 g/mol. The first-order chi connectivity index (χ1) is 15.6. The highest BCUT2D eigenvalue weighted by Gasteiger charge is 2.30. The number of alkyl halides is 3. The first-order valence-corrected chi connectivity index (χ1v) is 11.1. The Morgan fingerprint density at radius 1 is 1.00 bits per heavy atom. The summed E-state index contributed by atoms with van der Waals surface area (Å²) in [6.07, 6.45) is -3.46. The molecular formula is C23H20F3N3O3S. The number of amides is 1. The van der Waals surface area contributed by atoms with Gasteiger partial charge in [-0.15, -0.1) is 0 Å². The molecule has 0 atom stereocenters. The quantitative estimate of drug-likeness (QED) is 0.407. The number of hydrogen-bond acceptors (Lipinski definition) is 4. The SMILES string of the molecule is Cc1ccc(S(=O)(=O)N(CC(=O)N/N=C\c2cccc(C(F)(F)F)c2)c2ccccc2)cc1. The van der Waals surface area contributed by atoms with E-state index in [1.54, 1.807) is 42.5 Å². The molecule has 0 aliphatic rings. The van der Waals surface area contributed by atoms with E-state index in [2.05, 4.69) is 10.5 Å². The predicted octanol–water partition coefficient (Wildman–Crippen LogP) is 4.36. The molecule has 3 aromatic rings. The molecule has 1 amide bonds. The van der Waals surface area contributed by atoms with E-state index < -0.39 is 34.2 Å². The minimum Gasteiger partial charge on any atom is -0.271 e. The molecule has 0 spiro atoms. The van der Waals surface area contributed by atoms with Crippen LogP contribution in [0.2, 0.25) is 0 Å². The van der Waals surface area contributed by atoms with Crippen LogP contribution in [0, 0.1) is 6.92 Å². The minimum atomic E-state index is -4.51. The van der Waals surface area contributed by atoms with Crippen molar-refractivity contribution in [3.05, 3.63) is 95.6 Å². The van der Waals surface area contributed by atoms with Crippen LogP contribution in [0.4, 0.5) is 18.9 Å². The number of para-hydroxylation sites is 1. The normalized spacial score (nSPS) is 12.0. The van der Waals surface area contributed by atoms with E-state index in [9.17, 15) is 26.4 Å². The molecule has 10 heteroatoms. The van der Waals surface area contributed by atoms with Crippen molar-refractivity contribution in [3.63, 3.8) is 0 Å². The van der Waals surface area contributed by atoms with Gasteiger partial charge >= 0.3 is 6.18 Å². The van der Waals surface area contributed by atoms with Gasteiger partial charge in [0.15, 0.2) is 0 Å². The fourth-order valence-corrected chi connectivity index (χ4v) is 4.31. The second kappa shape index (κ2) is 9.86. The Balaban J connectivity index is 1.79. The van der Waals surface area contributed by atoms with E-state index in [1.165, 1.54) is 24.3 Å². The topological polar surface area (TPSA) is 78.8 Å². The van der Waals surface area contributed by atoms with Crippen molar-refractivity contribution in [3.8, 4) is 0 Å². The van der Waals surface area contributed by atoms with Crippen molar-refractivity contribution in [2.24, 2.45) is 5.10 Å². The van der Waals surface area contributed by atoms with Crippen LogP contribution in [0.1, 0.15) is 16.7 Å². The minimum absolute atomic E-state index is 0.0113. The maximum Gasteiger partial charge on any atom is 0.416 e. The van der Waals surface area contributed by atoms with Crippen LogP contribution >= 0.6 is 0 Å². The summed E-state index contributed by atoms with van der Waals surface area (Å²) in [6.45, 7) is 1.24. The summed E-state index contributed by atoms with van der Waals surface area (Å²) in [5.74, 6) is -0.766. The Morgan fingerprint density at radius 3 is 2.30 bits per heavy atom. The fraction of sp³-hybridized carbons (Fsp3) is 0.130. The zero-order valence-electron chi connectivity index (χ0n) is 17.5. The van der Waals surface area contributed by atoms with Crippen LogP contribution in [0.5, 0.6) is 0 Å². The maximum absolute atomic E-state index is 13.2. The lowest BCUT2D eigenvalue weighted by molar-refractivity contribution is -0.137. The molecule has 0 fully saturated rings. The number of aryl methyl sites for hydroxylation is 1. The molecule has 33 heavy (non-hydrogen) atoms. The smallest absolute Gasteiger partial charge is 0.271 e. The summed E-state index contributed by atoms with van der Waals surface area (Å²) in [5, 5.41) is 3.66. The third-order valence-electron chi connectivity index (χ3n) is 4.56. The van der Waals surface area contributed by atoms with Gasteiger partial charge < -0.3 is 0 Å². The van der Waals surface area contributed by atoms with E-state index >= 15 is 0 Å². The van der Waals surface area contributed by atoms with Crippen molar-refractivity contribution in [2.45, 2.75) is 18.0 Å². The lowest BCUT2D eigenvalue weighted by atomic mass is 10.1. The van der Waals surface area contributed by atoms with Crippen LogP contribution in [0.25, 0.3) is 0 Å². The molecular weight excluding hydrogens is 455 g/mol. The Morgan fingerprint density at radius 2 is 1.67 bits per heavy atom. The van der Waals surface area contributed by atoms with Crippen molar-refractivity contribution in [1.29, 1.82) is 0 Å². The molecule has 0 radical (unpaired) electrons. The molecule has 3 rings (SSSR count). The lowest BCUT2D eigenvalue weighted by Gasteiger charge is -2.23. The van der Waals surface area contributed by atoms with Crippen molar-refractivity contribution in [2.75, 3.05) is 10.8 Å². The zero-order chi connectivity index (χ0) is 24.1. The number of sulfonamides is 1. The van der Waals surface area contributed by atoms with E-state index in [4.69, 9.17) is 0 Å². The van der Waals surface area contributed by atoms with Crippen LogP contribution in [0.3, 0.4) is 0 Å². The first-order valence-electron chi connectivity index (χ1n) is 9.71. The highest BCUT2D eigenvalue weighted by Crippen LogP contribution is 2.29. The molecule has 0 heterocycles. The number of hydrazone groups is 1. The number of anilines is 1. The molecule has 0 saturated heterocycles. The Kier molecular flexibility index (Phi) is 7.17.